The van der Waals surface area contributed by atoms with Gasteiger partial charge < -0.3 is 10.1 Å². The van der Waals surface area contributed by atoms with Crippen molar-refractivity contribution < 1.29 is 9.53 Å². The summed E-state index contributed by atoms with van der Waals surface area (Å²) in [5, 5.41) is 4.14. The average molecular weight is 424 g/mol. The number of para-hydroxylation sites is 3. The summed E-state index contributed by atoms with van der Waals surface area (Å²) in [5.74, 6) is 0.595. The lowest BCUT2D eigenvalue weighted by Gasteiger charge is -2.11. The number of anilines is 1. The molecule has 146 valence electrons. The number of ether oxygens (including phenoxy) is 1. The second-order valence-electron chi connectivity index (χ2n) is 6.24. The van der Waals surface area contributed by atoms with Gasteiger partial charge in [-0.2, -0.15) is 0 Å². The molecule has 29 heavy (non-hydrogen) atoms. The van der Waals surface area contributed by atoms with Crippen LogP contribution in [-0.4, -0.2) is 28.3 Å². The van der Waals surface area contributed by atoms with Crippen LogP contribution in [-0.2, 0) is 4.79 Å². The van der Waals surface area contributed by atoms with Crippen molar-refractivity contribution in [2.45, 2.75) is 5.16 Å². The second kappa shape index (κ2) is 8.59. The molecule has 5 nitrogen and oxygen atoms in total. The summed E-state index contributed by atoms with van der Waals surface area (Å²) >= 11 is 7.42. The van der Waals surface area contributed by atoms with Crippen molar-refractivity contribution in [2.75, 3.05) is 18.2 Å². The largest absolute Gasteiger partial charge is 0.495 e. The molecule has 1 N–H and O–H groups in total. The second-order valence-corrected chi connectivity index (χ2v) is 7.61. The van der Waals surface area contributed by atoms with Gasteiger partial charge in [-0.3, -0.25) is 9.36 Å². The average Bonchev–Trinajstić information content (AvgIpc) is 3.11. The summed E-state index contributed by atoms with van der Waals surface area (Å²) in [4.78, 5) is 17.3. The van der Waals surface area contributed by atoms with Gasteiger partial charge in [0.05, 0.1) is 29.6 Å². The molecule has 0 aliphatic carbocycles. The quantitative estimate of drug-likeness (QED) is 0.421. The van der Waals surface area contributed by atoms with Crippen molar-refractivity contribution in [3.63, 3.8) is 0 Å². The molecular weight excluding hydrogens is 406 g/mol. The van der Waals surface area contributed by atoms with Crippen molar-refractivity contribution in [1.82, 2.24) is 9.55 Å². The maximum absolute atomic E-state index is 12.6. The zero-order chi connectivity index (χ0) is 20.2. The van der Waals surface area contributed by atoms with Crippen LogP contribution in [0.1, 0.15) is 0 Å². The third-order valence-corrected chi connectivity index (χ3v) is 5.49. The Bertz CT molecular complexity index is 1160. The van der Waals surface area contributed by atoms with Crippen LogP contribution < -0.4 is 10.1 Å². The Hall–Kier alpha value is -2.96. The Kier molecular flexibility index (Phi) is 5.74. The number of rotatable bonds is 6. The van der Waals surface area contributed by atoms with Crippen LogP contribution in [0.15, 0.2) is 78.0 Å². The minimum Gasteiger partial charge on any atom is -0.495 e. The van der Waals surface area contributed by atoms with Crippen molar-refractivity contribution in [3.05, 3.63) is 77.8 Å². The summed E-state index contributed by atoms with van der Waals surface area (Å²) in [6.45, 7) is 0. The molecule has 3 aromatic carbocycles. The van der Waals surface area contributed by atoms with E-state index >= 15 is 0 Å². The predicted molar refractivity (Wildman–Crippen MR) is 118 cm³/mol. The standard InChI is InChI=1S/C22H18ClN3O2S/c1-28-20-12-11-15(23)13-18(20)24-21(27)14-29-22-25-17-9-5-6-10-19(17)26(22)16-7-3-2-4-8-16/h2-13H,14H2,1H3,(H,24,27). The van der Waals surface area contributed by atoms with Gasteiger partial charge in [0.1, 0.15) is 5.75 Å². The number of halogens is 1. The first kappa shape index (κ1) is 19.4. The summed E-state index contributed by atoms with van der Waals surface area (Å²) in [6, 6.07) is 23.0. The van der Waals surface area contributed by atoms with Gasteiger partial charge in [0.15, 0.2) is 5.16 Å². The zero-order valence-electron chi connectivity index (χ0n) is 15.6. The molecule has 1 heterocycles. The number of fused-ring (bicyclic) bond motifs is 1. The highest BCUT2D eigenvalue weighted by Crippen LogP contribution is 2.30. The lowest BCUT2D eigenvalue weighted by atomic mass is 10.3. The van der Waals surface area contributed by atoms with Crippen molar-refractivity contribution in [2.24, 2.45) is 0 Å². The van der Waals surface area contributed by atoms with Crippen molar-refractivity contribution in [1.29, 1.82) is 0 Å². The molecule has 7 heteroatoms. The number of amides is 1. The smallest absolute Gasteiger partial charge is 0.234 e. The fourth-order valence-corrected chi connectivity index (χ4v) is 4.02. The van der Waals surface area contributed by atoms with Gasteiger partial charge in [-0.15, -0.1) is 0 Å². The van der Waals surface area contributed by atoms with E-state index in [2.05, 4.69) is 9.88 Å². The van der Waals surface area contributed by atoms with Crippen LogP contribution in [0.5, 0.6) is 5.75 Å². The molecule has 0 aliphatic heterocycles. The summed E-state index contributed by atoms with van der Waals surface area (Å²) < 4.78 is 7.35. The molecule has 0 saturated carbocycles. The molecule has 1 amide bonds. The highest BCUT2D eigenvalue weighted by molar-refractivity contribution is 7.99. The number of thioether (sulfide) groups is 1. The number of carbonyl (C=O) groups is 1. The topological polar surface area (TPSA) is 56.1 Å². The lowest BCUT2D eigenvalue weighted by Crippen LogP contribution is -2.15. The van der Waals surface area contributed by atoms with Crippen LogP contribution in [0.2, 0.25) is 5.02 Å². The molecule has 0 saturated heterocycles. The first-order valence-corrected chi connectivity index (χ1v) is 10.3. The highest BCUT2D eigenvalue weighted by atomic mass is 35.5. The van der Waals surface area contributed by atoms with Gasteiger partial charge in [0, 0.05) is 10.7 Å². The predicted octanol–water partition coefficient (Wildman–Crippen LogP) is 5.42. The maximum Gasteiger partial charge on any atom is 0.234 e. The normalized spacial score (nSPS) is 10.8. The molecule has 0 radical (unpaired) electrons. The van der Waals surface area contributed by atoms with Gasteiger partial charge in [-0.1, -0.05) is 53.7 Å². The number of hydrogen-bond donors (Lipinski definition) is 1. The van der Waals surface area contributed by atoms with Crippen molar-refractivity contribution >= 4 is 46.0 Å². The first-order valence-electron chi connectivity index (χ1n) is 8.95. The van der Waals surface area contributed by atoms with E-state index in [1.165, 1.54) is 11.8 Å². The third-order valence-electron chi connectivity index (χ3n) is 4.31. The Morgan fingerprint density at radius 1 is 1.10 bits per heavy atom. The van der Waals surface area contributed by atoms with Gasteiger partial charge in [-0.25, -0.2) is 4.98 Å². The highest BCUT2D eigenvalue weighted by Gasteiger charge is 2.15. The minimum absolute atomic E-state index is 0.165. The number of hydrogen-bond acceptors (Lipinski definition) is 4. The molecule has 0 unspecified atom stereocenters. The Labute approximate surface area is 177 Å². The van der Waals surface area contributed by atoms with Crippen LogP contribution in [0.4, 0.5) is 5.69 Å². The summed E-state index contributed by atoms with van der Waals surface area (Å²) in [6.07, 6.45) is 0. The first-order chi connectivity index (χ1) is 14.2. The molecule has 0 spiro atoms. The molecular formula is C22H18ClN3O2S. The molecule has 0 bridgehead atoms. The maximum atomic E-state index is 12.6. The Morgan fingerprint density at radius 3 is 2.66 bits per heavy atom. The Morgan fingerprint density at radius 2 is 1.86 bits per heavy atom. The molecule has 0 fully saturated rings. The van der Waals surface area contributed by atoms with E-state index in [9.17, 15) is 4.79 Å². The third kappa shape index (κ3) is 4.23. The molecule has 0 aliphatic rings. The van der Waals surface area contributed by atoms with E-state index in [0.29, 0.717) is 16.5 Å². The van der Waals surface area contributed by atoms with Crippen LogP contribution >= 0.6 is 23.4 Å². The number of nitrogens with zero attached hydrogens (tertiary/aromatic N) is 2. The van der Waals surface area contributed by atoms with Gasteiger partial charge in [-0.05, 0) is 42.5 Å². The minimum atomic E-state index is -0.165. The van der Waals surface area contributed by atoms with Crippen LogP contribution in [0, 0.1) is 0 Å². The fourth-order valence-electron chi connectivity index (χ4n) is 3.02. The number of benzene rings is 3. The number of nitrogens with one attached hydrogen (secondary N) is 1. The number of aromatic nitrogens is 2. The molecule has 4 aromatic rings. The molecule has 1 aromatic heterocycles. The number of imidazole rings is 1. The summed E-state index contributed by atoms with van der Waals surface area (Å²) in [7, 11) is 1.55. The fraction of sp³-hybridized carbons (Fsp3) is 0.0909. The van der Waals surface area contributed by atoms with E-state index < -0.39 is 0 Å². The number of carbonyl (C=O) groups excluding carboxylic acids is 1. The SMILES string of the molecule is COc1ccc(Cl)cc1NC(=O)CSc1nc2ccccc2n1-c1ccccc1. The summed E-state index contributed by atoms with van der Waals surface area (Å²) in [5.41, 5.74) is 3.43. The van der Waals surface area contributed by atoms with E-state index in [1.54, 1.807) is 25.3 Å². The molecule has 0 atom stereocenters. The van der Waals surface area contributed by atoms with E-state index in [4.69, 9.17) is 21.3 Å². The molecule has 4 rings (SSSR count). The van der Waals surface area contributed by atoms with E-state index in [1.807, 2.05) is 54.6 Å². The van der Waals surface area contributed by atoms with E-state index in [0.717, 1.165) is 21.9 Å². The van der Waals surface area contributed by atoms with Crippen LogP contribution in [0.3, 0.4) is 0 Å². The monoisotopic (exact) mass is 423 g/mol. The van der Waals surface area contributed by atoms with Crippen LogP contribution in [0.25, 0.3) is 16.7 Å². The number of methoxy groups -OCH3 is 1. The van der Waals surface area contributed by atoms with Crippen molar-refractivity contribution in [3.8, 4) is 11.4 Å². The lowest BCUT2D eigenvalue weighted by molar-refractivity contribution is -0.113. The van der Waals surface area contributed by atoms with Gasteiger partial charge >= 0.3 is 0 Å². The van der Waals surface area contributed by atoms with Gasteiger partial charge in [0.2, 0.25) is 5.91 Å². The van der Waals surface area contributed by atoms with E-state index in [-0.39, 0.29) is 11.7 Å². The zero-order valence-corrected chi connectivity index (χ0v) is 17.2. The Balaban J connectivity index is 1.57. The van der Waals surface area contributed by atoms with Gasteiger partial charge in [0.25, 0.3) is 0 Å².